The van der Waals surface area contributed by atoms with E-state index in [9.17, 15) is 14.7 Å². The van der Waals surface area contributed by atoms with Gasteiger partial charge in [0.2, 0.25) is 0 Å². The Bertz CT molecular complexity index is 935. The molecular formula is C22H23NO6. The lowest BCUT2D eigenvalue weighted by molar-refractivity contribution is -0.140. The van der Waals surface area contributed by atoms with Crippen LogP contribution in [0.2, 0.25) is 0 Å². The summed E-state index contributed by atoms with van der Waals surface area (Å²) in [6, 6.07) is 13.0. The second-order valence-corrected chi connectivity index (χ2v) is 6.49. The van der Waals surface area contributed by atoms with Crippen LogP contribution in [0.1, 0.15) is 17.2 Å². The second kappa shape index (κ2) is 8.79. The minimum Gasteiger partial charge on any atom is -0.507 e. The van der Waals surface area contributed by atoms with Crippen LogP contribution < -0.4 is 9.47 Å². The molecule has 3 rings (SSSR count). The summed E-state index contributed by atoms with van der Waals surface area (Å²) in [6.07, 6.45) is 0. The lowest BCUT2D eigenvalue weighted by atomic mass is 9.95. The maximum atomic E-state index is 12.8. The molecule has 0 unspecified atom stereocenters. The van der Waals surface area contributed by atoms with Crippen LogP contribution in [-0.2, 0) is 14.3 Å². The van der Waals surface area contributed by atoms with E-state index >= 15 is 0 Å². The molecule has 0 bridgehead atoms. The van der Waals surface area contributed by atoms with Gasteiger partial charge in [-0.2, -0.15) is 0 Å². The molecule has 1 saturated heterocycles. The number of aliphatic hydroxyl groups is 1. The number of likely N-dealkylation sites (tertiary alicyclic amines) is 1. The van der Waals surface area contributed by atoms with Gasteiger partial charge in [0, 0.05) is 19.2 Å². The standard InChI is InChI=1S/C22H23NO6/c1-27-12-11-23-19(15-5-4-6-17(13-15)29-3)18(21(25)22(23)26)20(24)14-7-9-16(28-2)10-8-14/h4-10,13,19,24H,11-12H2,1-3H3/b20-18+/t19-/m1/s1. The van der Waals surface area contributed by atoms with Crippen LogP contribution in [0.5, 0.6) is 11.5 Å². The number of aliphatic hydroxyl groups excluding tert-OH is 1. The van der Waals surface area contributed by atoms with E-state index in [1.54, 1.807) is 62.8 Å². The molecule has 1 fully saturated rings. The molecule has 7 heteroatoms. The average Bonchev–Trinajstić information content (AvgIpc) is 3.02. The number of rotatable bonds is 7. The third-order valence-corrected chi connectivity index (χ3v) is 4.85. The number of Topliss-reactive ketones (excluding diaryl/α,β-unsaturated/α-hetero) is 1. The van der Waals surface area contributed by atoms with E-state index in [4.69, 9.17) is 14.2 Å². The molecule has 1 atom stereocenters. The number of carbonyl (C=O) groups is 2. The number of ketones is 1. The maximum absolute atomic E-state index is 12.8. The van der Waals surface area contributed by atoms with Gasteiger partial charge in [-0.1, -0.05) is 12.1 Å². The third kappa shape index (κ3) is 3.95. The number of hydrogen-bond acceptors (Lipinski definition) is 6. The Morgan fingerprint density at radius 3 is 2.31 bits per heavy atom. The Kier molecular flexibility index (Phi) is 6.19. The highest BCUT2D eigenvalue weighted by Crippen LogP contribution is 2.40. The van der Waals surface area contributed by atoms with Gasteiger partial charge in [-0.15, -0.1) is 0 Å². The molecule has 7 nitrogen and oxygen atoms in total. The van der Waals surface area contributed by atoms with Crippen molar-refractivity contribution in [3.63, 3.8) is 0 Å². The van der Waals surface area contributed by atoms with Crippen LogP contribution in [0.3, 0.4) is 0 Å². The molecule has 1 N–H and O–H groups in total. The number of hydrogen-bond donors (Lipinski definition) is 1. The van der Waals surface area contributed by atoms with Crippen molar-refractivity contribution in [3.8, 4) is 11.5 Å². The summed E-state index contributed by atoms with van der Waals surface area (Å²) in [6.45, 7) is 0.471. The molecular weight excluding hydrogens is 374 g/mol. The van der Waals surface area contributed by atoms with Crippen LogP contribution in [0, 0.1) is 0 Å². The van der Waals surface area contributed by atoms with Gasteiger partial charge in [0.1, 0.15) is 17.3 Å². The normalized spacial score (nSPS) is 18.2. The topological polar surface area (TPSA) is 85.3 Å². The monoisotopic (exact) mass is 397 g/mol. The number of amides is 1. The number of methoxy groups -OCH3 is 3. The molecule has 1 amide bonds. The zero-order valence-electron chi connectivity index (χ0n) is 16.5. The van der Waals surface area contributed by atoms with Crippen molar-refractivity contribution in [2.75, 3.05) is 34.5 Å². The van der Waals surface area contributed by atoms with Gasteiger partial charge in [-0.25, -0.2) is 0 Å². The number of ether oxygens (including phenoxy) is 3. The van der Waals surface area contributed by atoms with Crippen LogP contribution >= 0.6 is 0 Å². The number of carbonyl (C=O) groups excluding carboxylic acids is 2. The van der Waals surface area contributed by atoms with Crippen molar-refractivity contribution >= 4 is 17.4 Å². The molecule has 0 aromatic heterocycles. The Morgan fingerprint density at radius 2 is 1.69 bits per heavy atom. The van der Waals surface area contributed by atoms with E-state index in [1.165, 1.54) is 12.0 Å². The summed E-state index contributed by atoms with van der Waals surface area (Å²) in [5, 5.41) is 11.0. The summed E-state index contributed by atoms with van der Waals surface area (Å²) in [5.74, 6) is -0.443. The van der Waals surface area contributed by atoms with Crippen molar-refractivity contribution in [1.29, 1.82) is 0 Å². The van der Waals surface area contributed by atoms with E-state index in [-0.39, 0.29) is 24.5 Å². The van der Waals surface area contributed by atoms with Crippen molar-refractivity contribution in [2.45, 2.75) is 6.04 Å². The molecule has 0 radical (unpaired) electrons. The smallest absolute Gasteiger partial charge is 0.295 e. The fourth-order valence-electron chi connectivity index (χ4n) is 3.36. The summed E-state index contributed by atoms with van der Waals surface area (Å²) in [7, 11) is 4.60. The zero-order valence-corrected chi connectivity index (χ0v) is 16.5. The van der Waals surface area contributed by atoms with E-state index in [1.807, 2.05) is 0 Å². The molecule has 1 aliphatic heterocycles. The average molecular weight is 397 g/mol. The van der Waals surface area contributed by atoms with E-state index in [2.05, 4.69) is 0 Å². The number of benzene rings is 2. The van der Waals surface area contributed by atoms with Crippen LogP contribution in [0.15, 0.2) is 54.1 Å². The highest BCUT2D eigenvalue weighted by Gasteiger charge is 2.45. The van der Waals surface area contributed by atoms with Gasteiger partial charge >= 0.3 is 0 Å². The van der Waals surface area contributed by atoms with Crippen molar-refractivity contribution < 1.29 is 28.9 Å². The second-order valence-electron chi connectivity index (χ2n) is 6.49. The molecule has 2 aromatic carbocycles. The molecule has 0 spiro atoms. The maximum Gasteiger partial charge on any atom is 0.295 e. The first-order valence-corrected chi connectivity index (χ1v) is 9.07. The lowest BCUT2D eigenvalue weighted by Crippen LogP contribution is -2.32. The summed E-state index contributed by atoms with van der Waals surface area (Å²) < 4.78 is 15.5. The Hall–Kier alpha value is -3.32. The predicted octanol–water partition coefficient (Wildman–Crippen LogP) is 2.77. The van der Waals surface area contributed by atoms with E-state index < -0.39 is 17.7 Å². The molecule has 1 aliphatic rings. The van der Waals surface area contributed by atoms with Crippen molar-refractivity contribution in [3.05, 3.63) is 65.2 Å². The first kappa shape index (κ1) is 20.4. The van der Waals surface area contributed by atoms with Gasteiger partial charge in [-0.05, 0) is 42.0 Å². The molecule has 0 saturated carbocycles. The van der Waals surface area contributed by atoms with Gasteiger partial charge in [0.05, 0.1) is 32.4 Å². The fourth-order valence-corrected chi connectivity index (χ4v) is 3.36. The SMILES string of the molecule is COCCN1C(=O)C(=O)/C(=C(/O)c2ccc(OC)cc2)[C@H]1c1cccc(OC)c1. The first-order valence-electron chi connectivity index (χ1n) is 9.07. The summed E-state index contributed by atoms with van der Waals surface area (Å²) in [4.78, 5) is 27.0. The summed E-state index contributed by atoms with van der Waals surface area (Å²) >= 11 is 0. The van der Waals surface area contributed by atoms with Crippen molar-refractivity contribution in [2.24, 2.45) is 0 Å². The highest BCUT2D eigenvalue weighted by atomic mass is 16.5. The molecule has 152 valence electrons. The van der Waals surface area contributed by atoms with E-state index in [0.29, 0.717) is 22.6 Å². The molecule has 2 aromatic rings. The van der Waals surface area contributed by atoms with Crippen LogP contribution in [-0.4, -0.2) is 56.2 Å². The largest absolute Gasteiger partial charge is 0.507 e. The van der Waals surface area contributed by atoms with Gasteiger partial charge in [-0.3, -0.25) is 9.59 Å². The summed E-state index contributed by atoms with van der Waals surface area (Å²) in [5.41, 5.74) is 1.11. The van der Waals surface area contributed by atoms with Gasteiger partial charge in [0.15, 0.2) is 0 Å². The number of nitrogens with zero attached hydrogens (tertiary/aromatic N) is 1. The van der Waals surface area contributed by atoms with Gasteiger partial charge < -0.3 is 24.2 Å². The van der Waals surface area contributed by atoms with Crippen LogP contribution in [0.4, 0.5) is 0 Å². The third-order valence-electron chi connectivity index (χ3n) is 4.85. The Labute approximate surface area is 169 Å². The first-order chi connectivity index (χ1) is 14.0. The Morgan fingerprint density at radius 1 is 1.00 bits per heavy atom. The minimum atomic E-state index is -0.748. The van der Waals surface area contributed by atoms with E-state index in [0.717, 1.165) is 0 Å². The lowest BCUT2D eigenvalue weighted by Gasteiger charge is -2.25. The van der Waals surface area contributed by atoms with Crippen LogP contribution in [0.25, 0.3) is 5.76 Å². The Balaban J connectivity index is 2.14. The zero-order chi connectivity index (χ0) is 21.0. The fraction of sp³-hybridized carbons (Fsp3) is 0.273. The molecule has 1 heterocycles. The minimum absolute atomic E-state index is 0.0320. The highest BCUT2D eigenvalue weighted by molar-refractivity contribution is 6.46. The predicted molar refractivity (Wildman–Crippen MR) is 107 cm³/mol. The quantitative estimate of drug-likeness (QED) is 0.439. The molecule has 29 heavy (non-hydrogen) atoms. The van der Waals surface area contributed by atoms with Gasteiger partial charge in [0.25, 0.3) is 11.7 Å². The molecule has 0 aliphatic carbocycles. The van der Waals surface area contributed by atoms with Crippen molar-refractivity contribution in [1.82, 2.24) is 4.90 Å².